The lowest BCUT2D eigenvalue weighted by atomic mass is 10.1. The van der Waals surface area contributed by atoms with E-state index in [1.165, 1.54) is 0 Å². The van der Waals surface area contributed by atoms with E-state index in [1.807, 2.05) is 63.2 Å². The molecule has 1 amide bonds. The van der Waals surface area contributed by atoms with Crippen molar-refractivity contribution in [3.05, 3.63) is 70.6 Å². The lowest BCUT2D eigenvalue weighted by Crippen LogP contribution is -2.24. The van der Waals surface area contributed by atoms with Crippen molar-refractivity contribution in [3.63, 3.8) is 0 Å². The van der Waals surface area contributed by atoms with E-state index in [2.05, 4.69) is 10.5 Å². The highest BCUT2D eigenvalue weighted by Gasteiger charge is 2.10. The number of amides is 1. The monoisotopic (exact) mass is 424 g/mol. The lowest BCUT2D eigenvalue weighted by molar-refractivity contribution is -0.120. The number of carbonyl (C=O) groups is 1. The van der Waals surface area contributed by atoms with Crippen LogP contribution in [-0.2, 0) is 24.4 Å². The summed E-state index contributed by atoms with van der Waals surface area (Å²) in [5.74, 6) is 2.77. The van der Waals surface area contributed by atoms with E-state index in [1.54, 1.807) is 7.11 Å². The van der Waals surface area contributed by atoms with Crippen LogP contribution in [0, 0.1) is 13.8 Å². The van der Waals surface area contributed by atoms with Crippen LogP contribution in [0.1, 0.15) is 35.1 Å². The van der Waals surface area contributed by atoms with Crippen molar-refractivity contribution in [2.24, 2.45) is 0 Å². The molecule has 0 fully saturated rings. The van der Waals surface area contributed by atoms with E-state index < -0.39 is 0 Å². The third-order valence-electron chi connectivity index (χ3n) is 4.87. The minimum Gasteiger partial charge on any atom is -0.493 e. The van der Waals surface area contributed by atoms with Gasteiger partial charge in [0.15, 0.2) is 11.5 Å². The molecule has 0 saturated heterocycles. The number of carbonyl (C=O) groups excluding carboxylic acids is 1. The van der Waals surface area contributed by atoms with Gasteiger partial charge in [-0.15, -0.1) is 0 Å². The molecule has 1 aromatic heterocycles. The number of nitrogens with one attached hydrogen (secondary N) is 1. The van der Waals surface area contributed by atoms with E-state index in [-0.39, 0.29) is 12.3 Å². The van der Waals surface area contributed by atoms with Crippen LogP contribution in [-0.4, -0.2) is 24.8 Å². The van der Waals surface area contributed by atoms with Crippen LogP contribution in [0.15, 0.2) is 47.0 Å². The minimum atomic E-state index is -0.0581. The normalized spacial score (nSPS) is 10.6. The summed E-state index contributed by atoms with van der Waals surface area (Å²) in [5, 5.41) is 6.86. The van der Waals surface area contributed by atoms with Crippen LogP contribution in [0.2, 0.25) is 0 Å². The molecule has 0 saturated carbocycles. The largest absolute Gasteiger partial charge is 0.493 e. The number of aromatic nitrogens is 1. The van der Waals surface area contributed by atoms with Crippen molar-refractivity contribution < 1.29 is 23.5 Å². The molecule has 3 aromatic rings. The van der Waals surface area contributed by atoms with Gasteiger partial charge < -0.3 is 24.1 Å². The zero-order valence-corrected chi connectivity index (χ0v) is 18.4. The Labute approximate surface area is 182 Å². The van der Waals surface area contributed by atoms with Gasteiger partial charge in [0, 0.05) is 6.54 Å². The van der Waals surface area contributed by atoms with Crippen molar-refractivity contribution in [1.82, 2.24) is 10.5 Å². The van der Waals surface area contributed by atoms with E-state index in [0.717, 1.165) is 33.9 Å². The molecular weight excluding hydrogens is 396 g/mol. The van der Waals surface area contributed by atoms with Crippen molar-refractivity contribution in [1.29, 1.82) is 0 Å². The molecule has 0 aliphatic heterocycles. The van der Waals surface area contributed by atoms with Crippen molar-refractivity contribution in [3.8, 4) is 17.2 Å². The van der Waals surface area contributed by atoms with Crippen LogP contribution in [0.5, 0.6) is 17.2 Å². The molecule has 0 spiro atoms. The number of nitrogens with zero attached hydrogens (tertiary/aromatic N) is 1. The Balaban J connectivity index is 1.49. The second-order valence-corrected chi connectivity index (χ2v) is 7.11. The molecule has 1 heterocycles. The fourth-order valence-electron chi connectivity index (χ4n) is 3.11. The number of hydrogen-bond donors (Lipinski definition) is 1. The van der Waals surface area contributed by atoms with E-state index in [4.69, 9.17) is 18.7 Å². The fourth-order valence-corrected chi connectivity index (χ4v) is 3.11. The van der Waals surface area contributed by atoms with Gasteiger partial charge in [-0.1, -0.05) is 23.4 Å². The topological polar surface area (TPSA) is 82.8 Å². The second kappa shape index (κ2) is 10.5. The molecule has 2 aromatic carbocycles. The summed E-state index contributed by atoms with van der Waals surface area (Å²) in [6, 6.07) is 13.1. The van der Waals surface area contributed by atoms with Gasteiger partial charge in [-0.25, -0.2) is 0 Å². The third kappa shape index (κ3) is 6.01. The Kier molecular flexibility index (Phi) is 7.54. The van der Waals surface area contributed by atoms with Gasteiger partial charge in [0.05, 0.1) is 31.4 Å². The van der Waals surface area contributed by atoms with Crippen molar-refractivity contribution in [2.45, 2.75) is 40.3 Å². The first-order chi connectivity index (χ1) is 15.0. The molecule has 0 radical (unpaired) electrons. The van der Waals surface area contributed by atoms with E-state index in [0.29, 0.717) is 31.3 Å². The zero-order chi connectivity index (χ0) is 22.2. The SMILES string of the molecule is CCOc1ccc(CNC(=O)Cc2ccc(OCc3c(C)noc3C)cc2)cc1OC. The maximum atomic E-state index is 12.3. The Morgan fingerprint density at radius 1 is 1.03 bits per heavy atom. The standard InChI is InChI=1S/C24H28N2O5/c1-5-29-22-11-8-19(12-23(22)28-4)14-25-24(27)13-18-6-9-20(10-7-18)30-15-21-16(2)26-31-17(21)3/h6-12H,5,13-15H2,1-4H3,(H,25,27). The molecule has 0 aliphatic rings. The average molecular weight is 424 g/mol. The maximum Gasteiger partial charge on any atom is 0.224 e. The minimum absolute atomic E-state index is 0.0581. The molecule has 7 nitrogen and oxygen atoms in total. The number of methoxy groups -OCH3 is 1. The quantitative estimate of drug-likeness (QED) is 0.527. The number of benzene rings is 2. The van der Waals surface area contributed by atoms with Gasteiger partial charge in [0.2, 0.25) is 5.91 Å². The van der Waals surface area contributed by atoms with Gasteiger partial charge in [-0.2, -0.15) is 0 Å². The first kappa shape index (κ1) is 22.2. The van der Waals surface area contributed by atoms with Crippen LogP contribution < -0.4 is 19.5 Å². The molecule has 31 heavy (non-hydrogen) atoms. The average Bonchev–Trinajstić information content (AvgIpc) is 3.10. The van der Waals surface area contributed by atoms with Crippen LogP contribution >= 0.6 is 0 Å². The molecule has 3 rings (SSSR count). The van der Waals surface area contributed by atoms with Crippen molar-refractivity contribution >= 4 is 5.91 Å². The van der Waals surface area contributed by atoms with Crippen LogP contribution in [0.3, 0.4) is 0 Å². The molecule has 0 bridgehead atoms. The predicted octanol–water partition coefficient (Wildman–Crippen LogP) is 4.14. The Bertz CT molecular complexity index is 992. The smallest absolute Gasteiger partial charge is 0.224 e. The first-order valence-electron chi connectivity index (χ1n) is 10.2. The molecule has 164 valence electrons. The van der Waals surface area contributed by atoms with Gasteiger partial charge in [0.25, 0.3) is 0 Å². The number of aryl methyl sites for hydroxylation is 2. The second-order valence-electron chi connectivity index (χ2n) is 7.11. The number of ether oxygens (including phenoxy) is 3. The van der Waals surface area contributed by atoms with Gasteiger partial charge in [-0.05, 0) is 56.2 Å². The summed E-state index contributed by atoms with van der Waals surface area (Å²) in [4.78, 5) is 12.3. The molecule has 1 N–H and O–H groups in total. The van der Waals surface area contributed by atoms with Crippen molar-refractivity contribution in [2.75, 3.05) is 13.7 Å². The Hall–Kier alpha value is -3.48. The summed E-state index contributed by atoms with van der Waals surface area (Å²) in [6.45, 7) is 7.05. The zero-order valence-electron chi connectivity index (χ0n) is 18.4. The Morgan fingerprint density at radius 3 is 2.42 bits per heavy atom. The predicted molar refractivity (Wildman–Crippen MR) is 116 cm³/mol. The number of hydrogen-bond acceptors (Lipinski definition) is 6. The van der Waals surface area contributed by atoms with Gasteiger partial charge in [0.1, 0.15) is 18.1 Å². The molecule has 7 heteroatoms. The van der Waals surface area contributed by atoms with E-state index in [9.17, 15) is 4.79 Å². The highest BCUT2D eigenvalue weighted by molar-refractivity contribution is 5.78. The fraction of sp³-hybridized carbons (Fsp3) is 0.333. The molecule has 0 unspecified atom stereocenters. The first-order valence-corrected chi connectivity index (χ1v) is 10.2. The number of rotatable bonds is 10. The molecule has 0 atom stereocenters. The highest BCUT2D eigenvalue weighted by atomic mass is 16.5. The third-order valence-corrected chi connectivity index (χ3v) is 4.87. The van der Waals surface area contributed by atoms with Gasteiger partial charge in [-0.3, -0.25) is 4.79 Å². The lowest BCUT2D eigenvalue weighted by Gasteiger charge is -2.12. The van der Waals surface area contributed by atoms with Crippen LogP contribution in [0.25, 0.3) is 0 Å². The molecular formula is C24H28N2O5. The van der Waals surface area contributed by atoms with Gasteiger partial charge >= 0.3 is 0 Å². The highest BCUT2D eigenvalue weighted by Crippen LogP contribution is 2.28. The summed E-state index contributed by atoms with van der Waals surface area (Å²) < 4.78 is 21.8. The Morgan fingerprint density at radius 2 is 1.77 bits per heavy atom. The summed E-state index contributed by atoms with van der Waals surface area (Å²) in [7, 11) is 1.60. The van der Waals surface area contributed by atoms with E-state index >= 15 is 0 Å². The summed E-state index contributed by atoms with van der Waals surface area (Å²) in [6.07, 6.45) is 0.290. The molecule has 0 aliphatic carbocycles. The summed E-state index contributed by atoms with van der Waals surface area (Å²) >= 11 is 0. The maximum absolute atomic E-state index is 12.3. The summed E-state index contributed by atoms with van der Waals surface area (Å²) in [5.41, 5.74) is 3.63. The van der Waals surface area contributed by atoms with Crippen LogP contribution in [0.4, 0.5) is 0 Å².